The third-order valence-electron chi connectivity index (χ3n) is 6.06. The summed E-state index contributed by atoms with van der Waals surface area (Å²) in [5.41, 5.74) is 11.4. The van der Waals surface area contributed by atoms with Crippen molar-refractivity contribution in [2.45, 2.75) is 25.8 Å². The molecular formula is C27H26N4O2. The van der Waals surface area contributed by atoms with Crippen molar-refractivity contribution in [2.75, 3.05) is 12.3 Å². The van der Waals surface area contributed by atoms with E-state index in [1.165, 1.54) is 0 Å². The maximum absolute atomic E-state index is 12.1. The molecule has 1 aliphatic rings. The average Bonchev–Trinajstić information content (AvgIpc) is 3.15. The van der Waals surface area contributed by atoms with Crippen molar-refractivity contribution in [3.63, 3.8) is 0 Å². The van der Waals surface area contributed by atoms with Crippen LogP contribution >= 0.6 is 0 Å². The predicted octanol–water partition coefficient (Wildman–Crippen LogP) is 5.14. The summed E-state index contributed by atoms with van der Waals surface area (Å²) in [5, 5.41) is 11.6. The second-order valence-electron chi connectivity index (χ2n) is 8.42. The summed E-state index contributed by atoms with van der Waals surface area (Å²) in [4.78, 5) is 22.0. The number of aliphatic imine (C=N–C) groups is 1. The number of nitrogens with one attached hydrogen (secondary N) is 1. The number of carbonyl (C=O) groups is 1. The van der Waals surface area contributed by atoms with Crippen molar-refractivity contribution in [3.8, 4) is 5.88 Å². The minimum absolute atomic E-state index is 0.0541. The Morgan fingerprint density at radius 2 is 1.82 bits per heavy atom. The maximum Gasteiger partial charge on any atom is 0.222 e. The average molecular weight is 439 g/mol. The maximum atomic E-state index is 12.1. The standard InChI is InChI=1S/C27H26N4O2/c28-20-11-14-23-22(16-20)25(27(33)30-23)26(19-6-2-1-3-7-19)29-21-12-9-18(10-13-21)17-31-15-5-4-8-24(31)32/h1-3,6-7,9-14,16,30,33H,4-5,8,15,17,28H2. The summed E-state index contributed by atoms with van der Waals surface area (Å²) in [6.07, 6.45) is 2.69. The molecule has 5 rings (SSSR count). The molecule has 6 nitrogen and oxygen atoms in total. The van der Waals surface area contributed by atoms with Crippen LogP contribution in [0.2, 0.25) is 0 Å². The largest absolute Gasteiger partial charge is 0.494 e. The van der Waals surface area contributed by atoms with Gasteiger partial charge in [-0.25, -0.2) is 4.99 Å². The summed E-state index contributed by atoms with van der Waals surface area (Å²) in [7, 11) is 0. The number of amides is 1. The van der Waals surface area contributed by atoms with E-state index in [1.54, 1.807) is 6.07 Å². The number of nitrogens with two attached hydrogens (primary N) is 1. The Kier molecular flexibility index (Phi) is 5.57. The van der Waals surface area contributed by atoms with Crippen molar-refractivity contribution in [1.29, 1.82) is 0 Å². The van der Waals surface area contributed by atoms with E-state index in [0.717, 1.165) is 47.1 Å². The Balaban J connectivity index is 1.53. The number of hydrogen-bond acceptors (Lipinski definition) is 4. The first kappa shape index (κ1) is 20.8. The molecule has 0 radical (unpaired) electrons. The lowest BCUT2D eigenvalue weighted by atomic mass is 10.0. The van der Waals surface area contributed by atoms with Gasteiger partial charge in [0.2, 0.25) is 5.91 Å². The fourth-order valence-corrected chi connectivity index (χ4v) is 4.35. The zero-order valence-electron chi connectivity index (χ0n) is 18.3. The van der Waals surface area contributed by atoms with Crippen LogP contribution in [0.5, 0.6) is 5.88 Å². The first-order chi connectivity index (χ1) is 16.1. The van der Waals surface area contributed by atoms with Gasteiger partial charge in [0.25, 0.3) is 0 Å². The van der Waals surface area contributed by atoms with Crippen LogP contribution in [0.4, 0.5) is 11.4 Å². The number of H-pyrrole nitrogens is 1. The van der Waals surface area contributed by atoms with Gasteiger partial charge in [0, 0.05) is 41.7 Å². The highest BCUT2D eigenvalue weighted by Crippen LogP contribution is 2.32. The molecule has 3 aromatic carbocycles. The number of carbonyl (C=O) groups excluding carboxylic acids is 1. The Morgan fingerprint density at radius 1 is 1.03 bits per heavy atom. The molecule has 1 aliphatic heterocycles. The molecule has 2 heterocycles. The van der Waals surface area contributed by atoms with Gasteiger partial charge in [0.05, 0.1) is 17.0 Å². The lowest BCUT2D eigenvalue weighted by Gasteiger charge is -2.26. The van der Waals surface area contributed by atoms with Crippen LogP contribution in [0.1, 0.15) is 36.0 Å². The van der Waals surface area contributed by atoms with Gasteiger partial charge in [-0.2, -0.15) is 0 Å². The van der Waals surface area contributed by atoms with Crippen molar-refractivity contribution in [1.82, 2.24) is 9.88 Å². The van der Waals surface area contributed by atoms with E-state index in [-0.39, 0.29) is 11.8 Å². The fourth-order valence-electron chi connectivity index (χ4n) is 4.35. The molecule has 0 aliphatic carbocycles. The molecular weight excluding hydrogens is 412 g/mol. The molecule has 33 heavy (non-hydrogen) atoms. The van der Waals surface area contributed by atoms with Crippen LogP contribution in [-0.4, -0.2) is 33.2 Å². The van der Waals surface area contributed by atoms with Crippen LogP contribution < -0.4 is 5.73 Å². The van der Waals surface area contributed by atoms with Crippen molar-refractivity contribution in [2.24, 2.45) is 4.99 Å². The van der Waals surface area contributed by atoms with Gasteiger partial charge in [0.1, 0.15) is 0 Å². The van der Waals surface area contributed by atoms with Crippen LogP contribution in [0.3, 0.4) is 0 Å². The molecule has 0 saturated carbocycles. The van der Waals surface area contributed by atoms with Crippen LogP contribution in [0.15, 0.2) is 77.8 Å². The topological polar surface area (TPSA) is 94.7 Å². The molecule has 1 amide bonds. The van der Waals surface area contributed by atoms with E-state index in [1.807, 2.05) is 71.6 Å². The van der Waals surface area contributed by atoms with E-state index in [4.69, 9.17) is 10.7 Å². The highest BCUT2D eigenvalue weighted by Gasteiger charge is 2.20. The van der Waals surface area contributed by atoms with E-state index in [9.17, 15) is 9.90 Å². The highest BCUT2D eigenvalue weighted by atomic mass is 16.3. The molecule has 6 heteroatoms. The Hall–Kier alpha value is -4.06. The van der Waals surface area contributed by atoms with Crippen molar-refractivity contribution < 1.29 is 9.90 Å². The lowest BCUT2D eigenvalue weighted by Crippen LogP contribution is -2.34. The SMILES string of the molecule is Nc1ccc2[nH]c(O)c(C(=Nc3ccc(CN4CCCCC4=O)cc3)c3ccccc3)c2c1. The smallest absolute Gasteiger partial charge is 0.222 e. The van der Waals surface area contributed by atoms with Gasteiger partial charge in [-0.05, 0) is 48.7 Å². The predicted molar refractivity (Wildman–Crippen MR) is 132 cm³/mol. The number of piperidine rings is 1. The van der Waals surface area contributed by atoms with Gasteiger partial charge < -0.3 is 20.7 Å². The number of benzene rings is 3. The quantitative estimate of drug-likeness (QED) is 0.297. The van der Waals surface area contributed by atoms with Gasteiger partial charge in [-0.3, -0.25) is 4.79 Å². The number of nitrogen functional groups attached to an aromatic ring is 1. The monoisotopic (exact) mass is 438 g/mol. The molecule has 1 saturated heterocycles. The van der Waals surface area contributed by atoms with Crippen LogP contribution in [-0.2, 0) is 11.3 Å². The first-order valence-corrected chi connectivity index (χ1v) is 11.2. The summed E-state index contributed by atoms with van der Waals surface area (Å²) < 4.78 is 0. The summed E-state index contributed by atoms with van der Waals surface area (Å²) in [5.74, 6) is 0.280. The normalized spacial score (nSPS) is 14.7. The van der Waals surface area contributed by atoms with E-state index in [2.05, 4.69) is 4.98 Å². The number of rotatable bonds is 5. The molecule has 166 valence electrons. The minimum Gasteiger partial charge on any atom is -0.494 e. The zero-order chi connectivity index (χ0) is 22.8. The number of nitrogens with zero attached hydrogens (tertiary/aromatic N) is 2. The van der Waals surface area contributed by atoms with Gasteiger partial charge in [-0.1, -0.05) is 42.5 Å². The zero-order valence-corrected chi connectivity index (χ0v) is 18.3. The van der Waals surface area contributed by atoms with E-state index >= 15 is 0 Å². The van der Waals surface area contributed by atoms with Crippen molar-refractivity contribution in [3.05, 3.63) is 89.5 Å². The molecule has 0 spiro atoms. The third-order valence-corrected chi connectivity index (χ3v) is 6.06. The first-order valence-electron chi connectivity index (χ1n) is 11.2. The molecule has 4 N–H and O–H groups in total. The Bertz CT molecular complexity index is 1320. The van der Waals surface area contributed by atoms with Gasteiger partial charge in [0.15, 0.2) is 5.88 Å². The van der Waals surface area contributed by atoms with E-state index in [0.29, 0.717) is 29.9 Å². The minimum atomic E-state index is 0.0541. The number of aromatic amines is 1. The number of fused-ring (bicyclic) bond motifs is 1. The number of likely N-dealkylation sites (tertiary alicyclic amines) is 1. The molecule has 1 aromatic heterocycles. The third kappa shape index (κ3) is 4.32. The lowest BCUT2D eigenvalue weighted by molar-refractivity contribution is -0.133. The van der Waals surface area contributed by atoms with Crippen LogP contribution in [0, 0.1) is 0 Å². The van der Waals surface area contributed by atoms with Gasteiger partial charge in [-0.15, -0.1) is 0 Å². The Morgan fingerprint density at radius 3 is 2.58 bits per heavy atom. The van der Waals surface area contributed by atoms with Crippen LogP contribution in [0.25, 0.3) is 10.9 Å². The number of aromatic hydroxyl groups is 1. The second-order valence-corrected chi connectivity index (χ2v) is 8.42. The number of anilines is 1. The second kappa shape index (κ2) is 8.82. The molecule has 4 aromatic rings. The summed E-state index contributed by atoms with van der Waals surface area (Å²) >= 11 is 0. The molecule has 0 atom stereocenters. The van der Waals surface area contributed by atoms with Gasteiger partial charge >= 0.3 is 0 Å². The fraction of sp³-hybridized carbons (Fsp3) is 0.185. The Labute approximate surface area is 192 Å². The highest BCUT2D eigenvalue weighted by molar-refractivity contribution is 6.22. The van der Waals surface area contributed by atoms with Crippen molar-refractivity contribution >= 4 is 33.9 Å². The van der Waals surface area contributed by atoms with E-state index < -0.39 is 0 Å². The number of aromatic nitrogens is 1. The molecule has 1 fully saturated rings. The summed E-state index contributed by atoms with van der Waals surface area (Å²) in [6, 6.07) is 23.2. The number of hydrogen-bond donors (Lipinski definition) is 3. The molecule has 0 bridgehead atoms. The molecule has 0 unspecified atom stereocenters. The summed E-state index contributed by atoms with van der Waals surface area (Å²) in [6.45, 7) is 1.44.